The molecule has 5 nitrogen and oxygen atoms in total. The molecule has 1 atom stereocenters. The van der Waals surface area contributed by atoms with Gasteiger partial charge in [0.25, 0.3) is 5.91 Å². The van der Waals surface area contributed by atoms with Crippen LogP contribution in [0, 0.1) is 6.92 Å². The summed E-state index contributed by atoms with van der Waals surface area (Å²) in [5.41, 5.74) is 3.64. The van der Waals surface area contributed by atoms with E-state index >= 15 is 0 Å². The first kappa shape index (κ1) is 19.7. The molecule has 0 bridgehead atoms. The summed E-state index contributed by atoms with van der Waals surface area (Å²) < 4.78 is 6.00. The van der Waals surface area contributed by atoms with Crippen molar-refractivity contribution in [1.29, 1.82) is 0 Å². The van der Waals surface area contributed by atoms with Crippen LogP contribution in [-0.4, -0.2) is 10.9 Å². The third kappa shape index (κ3) is 3.10. The topological polar surface area (TPSA) is 63.4 Å². The van der Waals surface area contributed by atoms with Gasteiger partial charge in [-0.25, -0.2) is 4.98 Å². The second kappa shape index (κ2) is 6.89. The van der Waals surface area contributed by atoms with Gasteiger partial charge in [-0.3, -0.25) is 14.5 Å². The molecular weight excluding hydrogens is 408 g/mol. The number of hydrogen-bond acceptors (Lipinski definition) is 5. The highest BCUT2D eigenvalue weighted by molar-refractivity contribution is 7.13. The number of hydrogen-bond donors (Lipinski definition) is 0. The quantitative estimate of drug-likeness (QED) is 0.415. The van der Waals surface area contributed by atoms with Gasteiger partial charge < -0.3 is 4.42 Å². The van der Waals surface area contributed by atoms with Gasteiger partial charge in [-0.15, -0.1) is 11.3 Å². The van der Waals surface area contributed by atoms with E-state index in [2.05, 4.69) is 37.9 Å². The summed E-state index contributed by atoms with van der Waals surface area (Å²) in [6.45, 7) is 8.39. The highest BCUT2D eigenvalue weighted by Gasteiger charge is 2.44. The molecule has 0 spiro atoms. The van der Waals surface area contributed by atoms with E-state index in [0.717, 1.165) is 11.1 Å². The van der Waals surface area contributed by atoms with E-state index in [4.69, 9.17) is 4.42 Å². The Bertz CT molecular complexity index is 1360. The fourth-order valence-electron chi connectivity index (χ4n) is 4.10. The van der Waals surface area contributed by atoms with Gasteiger partial charge in [-0.05, 0) is 35.6 Å². The Kier molecular flexibility index (Phi) is 4.38. The van der Waals surface area contributed by atoms with Crippen LogP contribution in [0.3, 0.4) is 0 Å². The summed E-state index contributed by atoms with van der Waals surface area (Å²) in [5, 5.41) is 2.85. The summed E-state index contributed by atoms with van der Waals surface area (Å²) in [6.07, 6.45) is 1.66. The summed E-state index contributed by atoms with van der Waals surface area (Å²) in [5.74, 6) is -0.240. The molecule has 6 heteroatoms. The van der Waals surface area contributed by atoms with E-state index < -0.39 is 6.04 Å². The Hall–Kier alpha value is -3.25. The fraction of sp³-hybridized carbons (Fsp3) is 0.240. The van der Waals surface area contributed by atoms with Crippen molar-refractivity contribution < 1.29 is 9.21 Å². The summed E-state index contributed by atoms with van der Waals surface area (Å²) in [4.78, 5) is 33.0. The molecule has 1 aliphatic rings. The minimum absolute atomic E-state index is 0.00366. The lowest BCUT2D eigenvalue weighted by Gasteiger charge is -2.24. The molecule has 0 fully saturated rings. The van der Waals surface area contributed by atoms with Crippen molar-refractivity contribution in [3.8, 4) is 0 Å². The van der Waals surface area contributed by atoms with Crippen LogP contribution in [0.2, 0.25) is 0 Å². The lowest BCUT2D eigenvalue weighted by molar-refractivity contribution is 0.0971. The maximum Gasteiger partial charge on any atom is 0.297 e. The number of aromatic nitrogens is 1. The van der Waals surface area contributed by atoms with Gasteiger partial charge in [0.05, 0.1) is 17.0 Å². The first-order valence-corrected chi connectivity index (χ1v) is 11.0. The van der Waals surface area contributed by atoms with Crippen LogP contribution < -0.4 is 10.3 Å². The first-order valence-electron chi connectivity index (χ1n) is 10.2. The number of benzene rings is 2. The van der Waals surface area contributed by atoms with E-state index in [9.17, 15) is 9.59 Å². The van der Waals surface area contributed by atoms with Crippen molar-refractivity contribution in [2.24, 2.45) is 0 Å². The lowest BCUT2D eigenvalue weighted by Crippen LogP contribution is -2.29. The van der Waals surface area contributed by atoms with Crippen LogP contribution in [0.1, 0.15) is 59.6 Å². The van der Waals surface area contributed by atoms with Gasteiger partial charge in [0.1, 0.15) is 5.58 Å². The van der Waals surface area contributed by atoms with Gasteiger partial charge in [-0.2, -0.15) is 0 Å². The average molecular weight is 431 g/mol. The van der Waals surface area contributed by atoms with Crippen LogP contribution in [0.5, 0.6) is 0 Å². The standard InChI is InChI=1S/C25H22N2O3S/c1-14-5-10-18-17(13-14)21(28)19-20(15-6-8-16(9-7-15)25(2,3)4)27(23(29)22(19)30-18)24-26-11-12-31-24/h5-13,20H,1-4H3/t20-/m1/s1. The van der Waals surface area contributed by atoms with Gasteiger partial charge in [0.2, 0.25) is 5.76 Å². The van der Waals surface area contributed by atoms with Crippen molar-refractivity contribution in [3.63, 3.8) is 0 Å². The van der Waals surface area contributed by atoms with Crippen LogP contribution in [0.15, 0.2) is 63.3 Å². The SMILES string of the molecule is Cc1ccc2oc3c(c(=O)c2c1)[C@@H](c1ccc(C(C)(C)C)cc1)N(c1nccs1)C3=O. The van der Waals surface area contributed by atoms with Crippen LogP contribution >= 0.6 is 11.3 Å². The molecular formula is C25H22N2O3S. The van der Waals surface area contributed by atoms with Crippen LogP contribution in [-0.2, 0) is 5.41 Å². The smallest absolute Gasteiger partial charge is 0.297 e. The molecule has 0 N–H and O–H groups in total. The van der Waals surface area contributed by atoms with Crippen LogP contribution in [0.4, 0.5) is 5.13 Å². The van der Waals surface area contributed by atoms with Gasteiger partial charge >= 0.3 is 0 Å². The van der Waals surface area contributed by atoms with E-state index in [-0.39, 0.29) is 22.5 Å². The zero-order chi connectivity index (χ0) is 21.9. The number of rotatable bonds is 2. The van der Waals surface area contributed by atoms with Crippen molar-refractivity contribution in [3.05, 3.63) is 92.3 Å². The van der Waals surface area contributed by atoms with Crippen molar-refractivity contribution in [1.82, 2.24) is 4.98 Å². The average Bonchev–Trinajstić information content (AvgIpc) is 3.35. The lowest BCUT2D eigenvalue weighted by atomic mass is 9.86. The number of carbonyl (C=O) groups excluding carboxylic acids is 1. The van der Waals surface area contributed by atoms with E-state index in [1.54, 1.807) is 17.2 Å². The first-order chi connectivity index (χ1) is 14.8. The Morgan fingerprint density at radius 3 is 2.45 bits per heavy atom. The second-order valence-electron chi connectivity index (χ2n) is 8.94. The molecule has 4 aromatic rings. The molecule has 2 aromatic carbocycles. The molecule has 156 valence electrons. The highest BCUT2D eigenvalue weighted by Crippen LogP contribution is 2.42. The number of carbonyl (C=O) groups is 1. The molecule has 0 unspecified atom stereocenters. The molecule has 0 aliphatic carbocycles. The Balaban J connectivity index is 1.77. The molecule has 31 heavy (non-hydrogen) atoms. The minimum atomic E-state index is -0.580. The van der Waals surface area contributed by atoms with Crippen LogP contribution in [0.25, 0.3) is 11.0 Å². The molecule has 0 saturated carbocycles. The zero-order valence-electron chi connectivity index (χ0n) is 17.8. The number of aryl methyl sites for hydroxylation is 1. The largest absolute Gasteiger partial charge is 0.450 e. The van der Waals surface area contributed by atoms with Gasteiger partial charge in [0.15, 0.2) is 10.6 Å². The number of nitrogens with zero attached hydrogens (tertiary/aromatic N) is 2. The Morgan fingerprint density at radius 1 is 1.06 bits per heavy atom. The van der Waals surface area contributed by atoms with Crippen molar-refractivity contribution in [2.45, 2.75) is 39.2 Å². The van der Waals surface area contributed by atoms with Gasteiger partial charge in [0, 0.05) is 11.6 Å². The monoisotopic (exact) mass is 430 g/mol. The third-order valence-corrected chi connectivity index (χ3v) is 6.51. The molecule has 0 saturated heterocycles. The maximum absolute atomic E-state index is 13.6. The molecule has 3 heterocycles. The molecule has 0 radical (unpaired) electrons. The molecule has 2 aromatic heterocycles. The second-order valence-corrected chi connectivity index (χ2v) is 9.81. The molecule has 5 rings (SSSR count). The predicted octanol–water partition coefficient (Wildman–Crippen LogP) is 5.61. The summed E-state index contributed by atoms with van der Waals surface area (Å²) in [6, 6.07) is 13.0. The third-order valence-electron chi connectivity index (χ3n) is 5.74. The number of fused-ring (bicyclic) bond motifs is 2. The minimum Gasteiger partial charge on any atom is -0.450 e. The zero-order valence-corrected chi connectivity index (χ0v) is 18.6. The van der Waals surface area contributed by atoms with Crippen molar-refractivity contribution in [2.75, 3.05) is 4.90 Å². The normalized spacial score (nSPS) is 16.2. The Labute approximate surface area is 184 Å². The maximum atomic E-state index is 13.6. The predicted molar refractivity (Wildman–Crippen MR) is 123 cm³/mol. The number of thiazole rings is 1. The number of amides is 1. The molecule has 1 amide bonds. The van der Waals surface area contributed by atoms with Gasteiger partial charge in [-0.1, -0.05) is 56.7 Å². The Morgan fingerprint density at radius 2 is 1.81 bits per heavy atom. The summed E-state index contributed by atoms with van der Waals surface area (Å²) in [7, 11) is 0. The molecule has 1 aliphatic heterocycles. The van der Waals surface area contributed by atoms with Crippen molar-refractivity contribution >= 4 is 33.3 Å². The van der Waals surface area contributed by atoms with E-state index in [1.807, 2.05) is 36.6 Å². The van der Waals surface area contributed by atoms with E-state index in [1.165, 1.54) is 16.9 Å². The number of anilines is 1. The fourth-order valence-corrected chi connectivity index (χ4v) is 4.77. The summed E-state index contributed by atoms with van der Waals surface area (Å²) >= 11 is 1.36. The van der Waals surface area contributed by atoms with E-state index in [0.29, 0.717) is 21.7 Å². The highest BCUT2D eigenvalue weighted by atomic mass is 32.1.